The molecule has 5 aromatic rings. The molecule has 10 heteroatoms. The average molecular weight is 570 g/mol. The van der Waals surface area contributed by atoms with Crippen LogP contribution < -0.4 is 4.90 Å². The summed E-state index contributed by atoms with van der Waals surface area (Å²) in [5, 5.41) is 0. The fourth-order valence-electron chi connectivity index (χ4n) is 4.84. The molecule has 1 aromatic heterocycles. The third-order valence-corrected chi connectivity index (χ3v) is 8.88. The lowest BCUT2D eigenvalue weighted by atomic mass is 10.2. The summed E-state index contributed by atoms with van der Waals surface area (Å²) in [6.07, 6.45) is -0.335. The van der Waals surface area contributed by atoms with Crippen molar-refractivity contribution in [2.75, 3.05) is 4.90 Å². The maximum atomic E-state index is 13.8. The molecule has 8 nitrogen and oxygen atoms in total. The molecule has 1 unspecified atom stereocenters. The third-order valence-electron chi connectivity index (χ3n) is 7.02. The van der Waals surface area contributed by atoms with E-state index < -0.39 is 33.7 Å². The zero-order valence-electron chi connectivity index (χ0n) is 21.9. The second-order valence-electron chi connectivity index (χ2n) is 9.81. The van der Waals surface area contributed by atoms with Crippen LogP contribution in [-0.4, -0.2) is 35.6 Å². The second-order valence-corrected chi connectivity index (χ2v) is 11.7. The van der Waals surface area contributed by atoms with Gasteiger partial charge in [0, 0.05) is 12.1 Å². The highest BCUT2D eigenvalue weighted by atomic mass is 32.2. The number of fused-ring (bicyclic) bond motifs is 1. The van der Waals surface area contributed by atoms with Gasteiger partial charge in [0.15, 0.2) is 5.58 Å². The lowest BCUT2D eigenvalue weighted by molar-refractivity contribution is -0.122. The number of rotatable bonds is 7. The maximum absolute atomic E-state index is 13.8. The van der Waals surface area contributed by atoms with Gasteiger partial charge in [0.05, 0.1) is 17.0 Å². The highest BCUT2D eigenvalue weighted by Crippen LogP contribution is 2.32. The maximum Gasteiger partial charge on any atom is 0.252 e. The van der Waals surface area contributed by atoms with Gasteiger partial charge in [-0.2, -0.15) is 4.31 Å². The number of oxazole rings is 1. The van der Waals surface area contributed by atoms with Crippen LogP contribution in [0.3, 0.4) is 0 Å². The number of hydrogen-bond donors (Lipinski definition) is 0. The van der Waals surface area contributed by atoms with Crippen LogP contribution in [0.25, 0.3) is 22.6 Å². The number of para-hydroxylation sites is 2. The molecular weight excluding hydrogens is 545 g/mol. The Kier molecular flexibility index (Phi) is 6.72. The van der Waals surface area contributed by atoms with E-state index in [1.165, 1.54) is 36.4 Å². The Bertz CT molecular complexity index is 1840. The Morgan fingerprint density at radius 1 is 0.927 bits per heavy atom. The number of hydrogen-bond acceptors (Lipinski definition) is 6. The van der Waals surface area contributed by atoms with E-state index in [2.05, 4.69) is 4.98 Å². The molecule has 1 saturated heterocycles. The minimum atomic E-state index is -4.21. The van der Waals surface area contributed by atoms with Crippen LogP contribution in [0.5, 0.6) is 0 Å². The van der Waals surface area contributed by atoms with Gasteiger partial charge in [-0.1, -0.05) is 42.0 Å². The lowest BCUT2D eigenvalue weighted by Crippen LogP contribution is -2.45. The SMILES string of the molecule is Cc1ccc(S(=O)(=O)N(Cc2ccc(F)cc2)C2CC(=O)N(c3ccc(-c4nc5ccccc5o4)cc3)C2=O)cc1. The Morgan fingerprint density at radius 3 is 2.29 bits per heavy atom. The first-order valence-electron chi connectivity index (χ1n) is 12.9. The number of nitrogens with zero attached hydrogens (tertiary/aromatic N) is 3. The van der Waals surface area contributed by atoms with E-state index in [0.29, 0.717) is 33.8 Å². The Labute approximate surface area is 235 Å². The van der Waals surface area contributed by atoms with Gasteiger partial charge in [-0.25, -0.2) is 22.7 Å². The Balaban J connectivity index is 1.32. The van der Waals surface area contributed by atoms with Gasteiger partial charge in [0.2, 0.25) is 21.8 Å². The van der Waals surface area contributed by atoms with Crippen molar-refractivity contribution in [2.24, 2.45) is 0 Å². The first-order chi connectivity index (χ1) is 19.7. The molecule has 4 aromatic carbocycles. The number of anilines is 1. The van der Waals surface area contributed by atoms with Crippen molar-refractivity contribution < 1.29 is 26.8 Å². The Morgan fingerprint density at radius 2 is 1.61 bits per heavy atom. The molecule has 0 aliphatic carbocycles. The minimum Gasteiger partial charge on any atom is -0.436 e. The highest BCUT2D eigenvalue weighted by molar-refractivity contribution is 7.89. The number of aryl methyl sites for hydroxylation is 1. The summed E-state index contributed by atoms with van der Waals surface area (Å²) in [4.78, 5) is 32.4. The van der Waals surface area contributed by atoms with E-state index in [-0.39, 0.29) is 17.9 Å². The molecular formula is C31H24FN3O5S. The van der Waals surface area contributed by atoms with E-state index in [4.69, 9.17) is 4.42 Å². The van der Waals surface area contributed by atoms with Crippen molar-refractivity contribution in [3.05, 3.63) is 114 Å². The summed E-state index contributed by atoms with van der Waals surface area (Å²) in [6.45, 7) is 1.62. The molecule has 2 heterocycles. The van der Waals surface area contributed by atoms with Crippen molar-refractivity contribution in [3.63, 3.8) is 0 Å². The van der Waals surface area contributed by atoms with Crippen molar-refractivity contribution in [1.29, 1.82) is 0 Å². The molecule has 1 atom stereocenters. The molecule has 0 N–H and O–H groups in total. The molecule has 2 amide bonds. The van der Waals surface area contributed by atoms with Gasteiger partial charge in [0.25, 0.3) is 5.91 Å². The first kappa shape index (κ1) is 26.5. The smallest absolute Gasteiger partial charge is 0.252 e. The summed E-state index contributed by atoms with van der Waals surface area (Å²) in [6, 6.07) is 24.2. The molecule has 1 fully saturated rings. The van der Waals surface area contributed by atoms with Crippen molar-refractivity contribution in [3.8, 4) is 11.5 Å². The van der Waals surface area contributed by atoms with E-state index >= 15 is 0 Å². The summed E-state index contributed by atoms with van der Waals surface area (Å²) >= 11 is 0. The van der Waals surface area contributed by atoms with E-state index in [1.807, 2.05) is 31.2 Å². The first-order valence-corrected chi connectivity index (χ1v) is 14.3. The number of aromatic nitrogens is 1. The summed E-state index contributed by atoms with van der Waals surface area (Å²) < 4.78 is 48.0. The number of halogens is 1. The number of imide groups is 1. The molecule has 1 aliphatic rings. The largest absolute Gasteiger partial charge is 0.436 e. The molecule has 1 aliphatic heterocycles. The number of amides is 2. The highest BCUT2D eigenvalue weighted by Gasteiger charge is 2.47. The van der Waals surface area contributed by atoms with E-state index in [1.54, 1.807) is 36.4 Å². The number of carbonyl (C=O) groups excluding carboxylic acids is 2. The molecule has 6 rings (SSSR count). The molecule has 41 heavy (non-hydrogen) atoms. The van der Waals surface area contributed by atoms with Crippen molar-refractivity contribution in [2.45, 2.75) is 30.8 Å². The molecule has 206 valence electrons. The van der Waals surface area contributed by atoms with Gasteiger partial charge in [-0.3, -0.25) is 9.59 Å². The molecule has 0 radical (unpaired) electrons. The second kappa shape index (κ2) is 10.4. The van der Waals surface area contributed by atoms with Crippen LogP contribution in [0, 0.1) is 12.7 Å². The van der Waals surface area contributed by atoms with Gasteiger partial charge < -0.3 is 4.42 Å². The standard InChI is InChI=1S/C31H24FN3O5S/c1-20-6-16-25(17-7-20)41(38,39)34(19-21-8-12-23(32)13-9-21)27-18-29(36)35(31(27)37)24-14-10-22(11-15-24)30-33-26-4-2-3-5-28(26)40-30/h2-17,27H,18-19H2,1H3. The molecule has 0 bridgehead atoms. The summed E-state index contributed by atoms with van der Waals surface area (Å²) in [5.41, 5.74) is 3.64. The van der Waals surface area contributed by atoms with E-state index in [9.17, 15) is 22.4 Å². The van der Waals surface area contributed by atoms with Crippen LogP contribution in [0.1, 0.15) is 17.5 Å². The van der Waals surface area contributed by atoms with Crippen LogP contribution in [0.4, 0.5) is 10.1 Å². The Hall–Kier alpha value is -4.67. The zero-order chi connectivity index (χ0) is 28.7. The lowest BCUT2D eigenvalue weighted by Gasteiger charge is -2.27. The summed E-state index contributed by atoms with van der Waals surface area (Å²) in [7, 11) is -4.21. The predicted molar refractivity (Wildman–Crippen MR) is 151 cm³/mol. The van der Waals surface area contributed by atoms with Crippen LogP contribution in [-0.2, 0) is 26.2 Å². The number of carbonyl (C=O) groups is 2. The minimum absolute atomic E-state index is 0.00778. The number of sulfonamides is 1. The fourth-order valence-corrected chi connectivity index (χ4v) is 6.41. The summed E-state index contributed by atoms with van der Waals surface area (Å²) in [5.74, 6) is -1.27. The van der Waals surface area contributed by atoms with Crippen LogP contribution in [0.15, 0.2) is 106 Å². The van der Waals surface area contributed by atoms with Gasteiger partial charge in [-0.15, -0.1) is 0 Å². The molecule has 0 saturated carbocycles. The van der Waals surface area contributed by atoms with Gasteiger partial charge in [-0.05, 0) is 73.2 Å². The molecule has 0 spiro atoms. The monoisotopic (exact) mass is 569 g/mol. The van der Waals surface area contributed by atoms with Crippen LogP contribution >= 0.6 is 0 Å². The topological polar surface area (TPSA) is 101 Å². The normalized spacial score (nSPS) is 15.8. The van der Waals surface area contributed by atoms with Crippen molar-refractivity contribution in [1.82, 2.24) is 9.29 Å². The average Bonchev–Trinajstić information content (AvgIpc) is 3.53. The van der Waals surface area contributed by atoms with Crippen molar-refractivity contribution >= 4 is 38.6 Å². The van der Waals surface area contributed by atoms with Gasteiger partial charge in [0.1, 0.15) is 17.4 Å². The van der Waals surface area contributed by atoms with Gasteiger partial charge >= 0.3 is 0 Å². The third kappa shape index (κ3) is 5.03. The van der Waals surface area contributed by atoms with Crippen LogP contribution in [0.2, 0.25) is 0 Å². The zero-order valence-corrected chi connectivity index (χ0v) is 22.7. The number of benzene rings is 4. The fraction of sp³-hybridized carbons (Fsp3) is 0.129. The van der Waals surface area contributed by atoms with E-state index in [0.717, 1.165) is 14.8 Å². The predicted octanol–water partition coefficient (Wildman–Crippen LogP) is 5.47. The quantitative estimate of drug-likeness (QED) is 0.241.